The van der Waals surface area contributed by atoms with E-state index in [1.807, 2.05) is 0 Å². The van der Waals surface area contributed by atoms with E-state index in [0.717, 1.165) is 38.8 Å². The van der Waals surface area contributed by atoms with Crippen molar-refractivity contribution in [1.29, 1.82) is 0 Å². The van der Waals surface area contributed by atoms with E-state index in [2.05, 4.69) is 16.0 Å². The lowest BCUT2D eigenvalue weighted by Gasteiger charge is -2.21. The van der Waals surface area contributed by atoms with Crippen LogP contribution in [0.15, 0.2) is 0 Å². The molecule has 0 aromatic rings. The smallest absolute Gasteiger partial charge is 0.230 e. The Morgan fingerprint density at radius 1 is 1.05 bits per heavy atom. The first kappa shape index (κ1) is 14.7. The fourth-order valence-electron chi connectivity index (χ4n) is 2.08. The van der Waals surface area contributed by atoms with E-state index in [1.165, 1.54) is 0 Å². The van der Waals surface area contributed by atoms with E-state index in [-0.39, 0.29) is 17.7 Å². The van der Waals surface area contributed by atoms with Gasteiger partial charge in [0.1, 0.15) is 0 Å². The molecule has 1 aliphatic heterocycles. The van der Waals surface area contributed by atoms with E-state index in [1.54, 1.807) is 11.8 Å². The van der Waals surface area contributed by atoms with E-state index >= 15 is 0 Å². The maximum atomic E-state index is 11.6. The molecular formula is C13H23N3O2S. The third kappa shape index (κ3) is 5.82. The van der Waals surface area contributed by atoms with Crippen molar-refractivity contribution in [3.05, 3.63) is 0 Å². The Hall–Kier alpha value is -0.750. The van der Waals surface area contributed by atoms with Gasteiger partial charge in [0, 0.05) is 24.3 Å². The molecule has 0 aromatic heterocycles. The molecule has 108 valence electrons. The minimum absolute atomic E-state index is 0.0733. The number of hydrogen-bond acceptors (Lipinski definition) is 4. The lowest BCUT2D eigenvalue weighted by molar-refractivity contribution is -0.123. The SMILES string of the molecule is O=C(CSC1CCNCC1)NCCNC(=O)C1CC1. The molecule has 0 aromatic carbocycles. The minimum atomic E-state index is 0.0733. The normalized spacial score (nSPS) is 20.0. The van der Waals surface area contributed by atoms with Gasteiger partial charge in [-0.1, -0.05) is 0 Å². The van der Waals surface area contributed by atoms with E-state index in [0.29, 0.717) is 24.1 Å². The van der Waals surface area contributed by atoms with Gasteiger partial charge in [0.25, 0.3) is 0 Å². The molecule has 6 heteroatoms. The van der Waals surface area contributed by atoms with Gasteiger partial charge in [-0.25, -0.2) is 0 Å². The predicted molar refractivity (Wildman–Crippen MR) is 77.1 cm³/mol. The zero-order valence-corrected chi connectivity index (χ0v) is 12.1. The van der Waals surface area contributed by atoms with Crippen LogP contribution in [0, 0.1) is 5.92 Å². The second kappa shape index (κ2) is 7.75. The lowest BCUT2D eigenvalue weighted by atomic mass is 10.2. The van der Waals surface area contributed by atoms with Crippen molar-refractivity contribution < 1.29 is 9.59 Å². The van der Waals surface area contributed by atoms with Gasteiger partial charge in [-0.3, -0.25) is 9.59 Å². The van der Waals surface area contributed by atoms with Gasteiger partial charge in [-0.2, -0.15) is 0 Å². The highest BCUT2D eigenvalue weighted by molar-refractivity contribution is 8.00. The van der Waals surface area contributed by atoms with Gasteiger partial charge in [0.15, 0.2) is 0 Å². The molecule has 1 aliphatic carbocycles. The third-order valence-electron chi connectivity index (χ3n) is 3.43. The highest BCUT2D eigenvalue weighted by Gasteiger charge is 2.28. The van der Waals surface area contributed by atoms with Crippen LogP contribution in [0.25, 0.3) is 0 Å². The molecule has 2 fully saturated rings. The van der Waals surface area contributed by atoms with Gasteiger partial charge in [-0.05, 0) is 38.8 Å². The molecule has 0 spiro atoms. The number of carbonyl (C=O) groups excluding carboxylic acids is 2. The Balaban J connectivity index is 1.45. The van der Waals surface area contributed by atoms with Crippen molar-refractivity contribution >= 4 is 23.6 Å². The van der Waals surface area contributed by atoms with Crippen LogP contribution in [0.3, 0.4) is 0 Å². The van der Waals surface area contributed by atoms with Crippen LogP contribution in [-0.4, -0.2) is 49.0 Å². The zero-order valence-electron chi connectivity index (χ0n) is 11.2. The van der Waals surface area contributed by atoms with Gasteiger partial charge in [0.2, 0.25) is 11.8 Å². The molecule has 3 N–H and O–H groups in total. The van der Waals surface area contributed by atoms with Gasteiger partial charge < -0.3 is 16.0 Å². The van der Waals surface area contributed by atoms with Gasteiger partial charge in [-0.15, -0.1) is 11.8 Å². The van der Waals surface area contributed by atoms with Crippen LogP contribution >= 0.6 is 11.8 Å². The predicted octanol–water partition coefficient (Wildman–Crippen LogP) is 0.114. The summed E-state index contributed by atoms with van der Waals surface area (Å²) in [5, 5.41) is 9.61. The van der Waals surface area contributed by atoms with E-state index in [9.17, 15) is 9.59 Å². The summed E-state index contributed by atoms with van der Waals surface area (Å²) in [7, 11) is 0. The first-order valence-corrected chi connectivity index (χ1v) is 8.17. The zero-order chi connectivity index (χ0) is 13.5. The summed E-state index contributed by atoms with van der Waals surface area (Å²) in [5.74, 6) is 0.982. The molecule has 1 saturated heterocycles. The maximum absolute atomic E-state index is 11.6. The highest BCUT2D eigenvalue weighted by atomic mass is 32.2. The Kier molecular flexibility index (Phi) is 5.97. The van der Waals surface area contributed by atoms with Gasteiger partial charge in [0.05, 0.1) is 5.75 Å². The van der Waals surface area contributed by atoms with Crippen LogP contribution in [0.1, 0.15) is 25.7 Å². The fraction of sp³-hybridized carbons (Fsp3) is 0.846. The van der Waals surface area contributed by atoms with E-state index < -0.39 is 0 Å². The molecule has 0 atom stereocenters. The molecule has 2 aliphatic rings. The number of piperidine rings is 1. The number of amides is 2. The average molecular weight is 285 g/mol. The minimum Gasteiger partial charge on any atom is -0.354 e. The molecule has 2 rings (SSSR count). The molecule has 0 bridgehead atoms. The third-order valence-corrected chi connectivity index (χ3v) is 4.80. The summed E-state index contributed by atoms with van der Waals surface area (Å²) < 4.78 is 0. The lowest BCUT2D eigenvalue weighted by Crippen LogP contribution is -2.36. The van der Waals surface area contributed by atoms with Crippen molar-refractivity contribution in [2.75, 3.05) is 31.9 Å². The molecule has 5 nitrogen and oxygen atoms in total. The number of nitrogens with one attached hydrogen (secondary N) is 3. The summed E-state index contributed by atoms with van der Waals surface area (Å²) in [6.07, 6.45) is 4.33. The van der Waals surface area contributed by atoms with Crippen LogP contribution in [0.2, 0.25) is 0 Å². The first-order valence-electron chi connectivity index (χ1n) is 7.12. The van der Waals surface area contributed by atoms with Crippen LogP contribution in [0.4, 0.5) is 0 Å². The fourth-order valence-corrected chi connectivity index (χ4v) is 3.14. The monoisotopic (exact) mass is 285 g/mol. The summed E-state index contributed by atoms with van der Waals surface area (Å²) in [4.78, 5) is 23.0. The van der Waals surface area contributed by atoms with Crippen molar-refractivity contribution in [2.24, 2.45) is 5.92 Å². The maximum Gasteiger partial charge on any atom is 0.230 e. The second-order valence-electron chi connectivity index (χ2n) is 5.18. The molecule has 1 heterocycles. The summed E-state index contributed by atoms with van der Waals surface area (Å²) >= 11 is 1.75. The molecule has 0 unspecified atom stereocenters. The Labute approximate surface area is 118 Å². The van der Waals surface area contributed by atoms with Crippen LogP contribution in [0.5, 0.6) is 0 Å². The largest absolute Gasteiger partial charge is 0.354 e. The van der Waals surface area contributed by atoms with Crippen molar-refractivity contribution in [3.8, 4) is 0 Å². The second-order valence-corrected chi connectivity index (χ2v) is 6.46. The number of rotatable bonds is 7. The first-order chi connectivity index (χ1) is 9.25. The molecule has 1 saturated carbocycles. The molecular weight excluding hydrogens is 262 g/mol. The quantitative estimate of drug-likeness (QED) is 0.581. The topological polar surface area (TPSA) is 70.2 Å². The molecule has 19 heavy (non-hydrogen) atoms. The van der Waals surface area contributed by atoms with Crippen molar-refractivity contribution in [3.63, 3.8) is 0 Å². The standard InChI is InChI=1S/C13H23N3O2S/c17-12(9-19-11-3-5-14-6-4-11)15-7-8-16-13(18)10-1-2-10/h10-11,14H,1-9H2,(H,15,17)(H,16,18). The molecule has 2 amide bonds. The van der Waals surface area contributed by atoms with E-state index in [4.69, 9.17) is 0 Å². The Morgan fingerprint density at radius 2 is 1.74 bits per heavy atom. The summed E-state index contributed by atoms with van der Waals surface area (Å²) in [6, 6.07) is 0. The van der Waals surface area contributed by atoms with Crippen molar-refractivity contribution in [1.82, 2.24) is 16.0 Å². The number of hydrogen-bond donors (Lipinski definition) is 3. The van der Waals surface area contributed by atoms with Crippen molar-refractivity contribution in [2.45, 2.75) is 30.9 Å². The summed E-state index contributed by atoms with van der Waals surface area (Å²) in [5.41, 5.74) is 0. The number of carbonyl (C=O) groups is 2. The highest BCUT2D eigenvalue weighted by Crippen LogP contribution is 2.28. The van der Waals surface area contributed by atoms with Crippen LogP contribution in [-0.2, 0) is 9.59 Å². The average Bonchev–Trinajstić information content (AvgIpc) is 3.27. The van der Waals surface area contributed by atoms with Gasteiger partial charge >= 0.3 is 0 Å². The summed E-state index contributed by atoms with van der Waals surface area (Å²) in [6.45, 7) is 3.20. The Morgan fingerprint density at radius 3 is 2.42 bits per heavy atom. The number of thioether (sulfide) groups is 1. The Bertz CT molecular complexity index is 315. The molecule has 0 radical (unpaired) electrons. The van der Waals surface area contributed by atoms with Crippen LogP contribution < -0.4 is 16.0 Å².